The van der Waals surface area contributed by atoms with Gasteiger partial charge in [0.25, 0.3) is 5.91 Å². The van der Waals surface area contributed by atoms with Crippen LogP contribution in [0.3, 0.4) is 0 Å². The largest absolute Gasteiger partial charge is 0.329 e. The van der Waals surface area contributed by atoms with Crippen molar-refractivity contribution in [2.24, 2.45) is 5.92 Å². The maximum Gasteiger partial charge on any atom is 0.329 e. The molecule has 0 bridgehead atoms. The predicted molar refractivity (Wildman–Crippen MR) is 113 cm³/mol. The molecule has 1 saturated carbocycles. The summed E-state index contributed by atoms with van der Waals surface area (Å²) in [7, 11) is 0. The van der Waals surface area contributed by atoms with Crippen molar-refractivity contribution >= 4 is 33.5 Å². The van der Waals surface area contributed by atoms with Crippen LogP contribution in [0.15, 0.2) is 24.3 Å². The molecule has 3 fully saturated rings. The van der Waals surface area contributed by atoms with Crippen molar-refractivity contribution in [2.75, 3.05) is 19.8 Å². The van der Waals surface area contributed by atoms with Crippen molar-refractivity contribution in [2.45, 2.75) is 56.9 Å². The summed E-state index contributed by atoms with van der Waals surface area (Å²) < 4.78 is 1.25. The molecule has 1 aromatic carbocycles. The molecule has 3 aliphatic rings. The van der Waals surface area contributed by atoms with E-state index in [2.05, 4.69) is 30.4 Å². The van der Waals surface area contributed by atoms with Crippen molar-refractivity contribution in [3.05, 3.63) is 29.3 Å². The Bertz CT molecular complexity index is 903. The number of aromatic nitrogens is 1. The summed E-state index contributed by atoms with van der Waals surface area (Å²) in [6.45, 7) is 4.54. The molecule has 5 rings (SSSR count). The molecule has 2 N–H and O–H groups in total. The first kappa shape index (κ1) is 19.0. The van der Waals surface area contributed by atoms with Crippen LogP contribution >= 0.6 is 11.3 Å². The van der Waals surface area contributed by atoms with Crippen LogP contribution in [0.1, 0.15) is 56.4 Å². The van der Waals surface area contributed by atoms with Gasteiger partial charge >= 0.3 is 6.03 Å². The van der Waals surface area contributed by atoms with Gasteiger partial charge in [-0.1, -0.05) is 31.9 Å². The van der Waals surface area contributed by atoms with Gasteiger partial charge in [0.2, 0.25) is 0 Å². The highest BCUT2D eigenvalue weighted by molar-refractivity contribution is 7.18. The maximum absolute atomic E-state index is 13.2. The molecule has 1 spiro atoms. The van der Waals surface area contributed by atoms with Crippen molar-refractivity contribution in [3.63, 3.8) is 0 Å². The lowest BCUT2D eigenvalue weighted by molar-refractivity contribution is -0.912. The summed E-state index contributed by atoms with van der Waals surface area (Å²) in [6, 6.07) is 8.13. The number of benzene rings is 1. The van der Waals surface area contributed by atoms with E-state index in [0.29, 0.717) is 12.6 Å². The zero-order chi connectivity index (χ0) is 20.0. The molecule has 2 atom stereocenters. The van der Waals surface area contributed by atoms with Crippen molar-refractivity contribution in [3.8, 4) is 0 Å². The lowest BCUT2D eigenvalue weighted by Gasteiger charge is -2.37. The number of nitrogens with zero attached hydrogens (tertiary/aromatic N) is 2. The van der Waals surface area contributed by atoms with Crippen molar-refractivity contribution in [1.82, 2.24) is 15.2 Å². The van der Waals surface area contributed by atoms with E-state index < -0.39 is 5.54 Å². The Morgan fingerprint density at radius 3 is 2.76 bits per heavy atom. The van der Waals surface area contributed by atoms with Gasteiger partial charge in [-0.25, -0.2) is 14.7 Å². The molecule has 29 heavy (non-hydrogen) atoms. The topological polar surface area (TPSA) is 66.7 Å². The highest BCUT2D eigenvalue weighted by Crippen LogP contribution is 2.38. The average molecular weight is 414 g/mol. The number of imide groups is 1. The van der Waals surface area contributed by atoms with Crippen LogP contribution in [0.2, 0.25) is 0 Å². The van der Waals surface area contributed by atoms with Crippen LogP contribution in [-0.2, 0) is 4.79 Å². The first-order chi connectivity index (χ1) is 14.1. The number of quaternary nitrogens is 1. The molecule has 3 amide bonds. The van der Waals surface area contributed by atoms with Crippen LogP contribution < -0.4 is 10.2 Å². The summed E-state index contributed by atoms with van der Waals surface area (Å²) in [5.74, 6) is 0.719. The number of thiazole rings is 1. The molecule has 7 heteroatoms. The third kappa shape index (κ3) is 3.24. The summed E-state index contributed by atoms with van der Waals surface area (Å²) in [5, 5.41) is 4.31. The first-order valence-electron chi connectivity index (χ1n) is 10.9. The van der Waals surface area contributed by atoms with Crippen LogP contribution in [-0.4, -0.2) is 47.1 Å². The smallest absolute Gasteiger partial charge is 0.323 e. The average Bonchev–Trinajstić information content (AvgIpc) is 3.26. The van der Waals surface area contributed by atoms with Gasteiger partial charge in [-0.15, -0.1) is 11.3 Å². The molecule has 2 saturated heterocycles. The first-order valence-corrected chi connectivity index (χ1v) is 11.7. The Morgan fingerprint density at radius 2 is 2.00 bits per heavy atom. The van der Waals surface area contributed by atoms with E-state index in [1.165, 1.54) is 19.5 Å². The van der Waals surface area contributed by atoms with Crippen molar-refractivity contribution in [1.29, 1.82) is 0 Å². The quantitative estimate of drug-likeness (QED) is 0.760. The summed E-state index contributed by atoms with van der Waals surface area (Å²) in [4.78, 5) is 33.5. The number of urea groups is 1. The Morgan fingerprint density at radius 1 is 1.21 bits per heavy atom. The summed E-state index contributed by atoms with van der Waals surface area (Å²) >= 11 is 1.80. The zero-order valence-electron chi connectivity index (χ0n) is 16.9. The van der Waals surface area contributed by atoms with Crippen LogP contribution in [0.25, 0.3) is 10.2 Å². The number of para-hydroxylation sites is 1. The minimum atomic E-state index is -0.645. The standard InChI is InChI=1S/C22H28N4O2S/c1-15-6-4-5-11-22(15)20(27)26(21(28)24-22)14-25-12-9-16(10-13-25)19-23-17-7-2-3-8-18(17)29-19/h2-3,7-8,15-16H,4-6,9-14H2,1H3,(H,24,28)/p+1/t15-,22+/m1/s1. The number of hydrogen-bond acceptors (Lipinski definition) is 4. The number of rotatable bonds is 3. The van der Waals surface area contributed by atoms with Gasteiger partial charge in [-0.05, 0) is 30.9 Å². The number of likely N-dealkylation sites (tertiary alicyclic amines) is 1. The van der Waals surface area contributed by atoms with Crippen molar-refractivity contribution < 1.29 is 14.5 Å². The predicted octanol–water partition coefficient (Wildman–Crippen LogP) is 2.52. The van der Waals surface area contributed by atoms with Gasteiger partial charge in [0.05, 0.1) is 28.3 Å². The maximum atomic E-state index is 13.2. The van der Waals surface area contributed by atoms with Gasteiger partial charge in [0.1, 0.15) is 5.54 Å². The Kier molecular flexibility index (Phi) is 4.82. The molecular formula is C22H29N4O2S+. The van der Waals surface area contributed by atoms with Gasteiger partial charge < -0.3 is 10.2 Å². The summed E-state index contributed by atoms with van der Waals surface area (Å²) in [5.41, 5.74) is 0.446. The minimum absolute atomic E-state index is 0.00972. The molecule has 1 aromatic heterocycles. The molecule has 6 nitrogen and oxygen atoms in total. The van der Waals surface area contributed by atoms with E-state index in [9.17, 15) is 9.59 Å². The fraction of sp³-hybridized carbons (Fsp3) is 0.591. The number of hydrogen-bond donors (Lipinski definition) is 2. The number of carbonyl (C=O) groups is 2. The van der Waals surface area contributed by atoms with Crippen LogP contribution in [0, 0.1) is 5.92 Å². The number of piperidine rings is 1. The van der Waals surface area contributed by atoms with Gasteiger partial charge in [0.15, 0.2) is 6.67 Å². The number of nitrogens with one attached hydrogen (secondary N) is 2. The number of amides is 3. The van der Waals surface area contributed by atoms with E-state index in [0.717, 1.165) is 57.1 Å². The second kappa shape index (κ2) is 7.36. The van der Waals surface area contributed by atoms with E-state index in [4.69, 9.17) is 4.98 Å². The monoisotopic (exact) mass is 413 g/mol. The van der Waals surface area contributed by atoms with Gasteiger partial charge in [-0.2, -0.15) is 0 Å². The van der Waals surface area contributed by atoms with E-state index in [1.807, 2.05) is 6.07 Å². The third-order valence-corrected chi connectivity index (χ3v) is 8.43. The molecule has 3 heterocycles. The fourth-order valence-electron chi connectivity index (χ4n) is 5.36. The second-order valence-corrected chi connectivity index (χ2v) is 10.0. The van der Waals surface area contributed by atoms with E-state index in [-0.39, 0.29) is 17.9 Å². The lowest BCUT2D eigenvalue weighted by Crippen LogP contribution is -3.14. The minimum Gasteiger partial charge on any atom is -0.323 e. The molecule has 2 aromatic rings. The third-order valence-electron chi connectivity index (χ3n) is 7.24. The number of fused-ring (bicyclic) bond motifs is 1. The highest BCUT2D eigenvalue weighted by Gasteiger charge is 2.55. The van der Waals surface area contributed by atoms with Crippen LogP contribution in [0.4, 0.5) is 4.79 Å². The van der Waals surface area contributed by atoms with Crippen LogP contribution in [0.5, 0.6) is 0 Å². The molecule has 2 aliphatic heterocycles. The molecule has 1 aliphatic carbocycles. The summed E-state index contributed by atoms with van der Waals surface area (Å²) in [6.07, 6.45) is 6.08. The Labute approximate surface area is 175 Å². The zero-order valence-corrected chi connectivity index (χ0v) is 17.8. The normalized spacial score (nSPS) is 32.9. The highest BCUT2D eigenvalue weighted by atomic mass is 32.1. The molecular weight excluding hydrogens is 384 g/mol. The lowest BCUT2D eigenvalue weighted by atomic mass is 9.73. The Balaban J connectivity index is 1.22. The molecule has 0 radical (unpaired) electrons. The Hall–Kier alpha value is -1.99. The van der Waals surface area contributed by atoms with E-state index in [1.54, 1.807) is 11.3 Å². The molecule has 0 unspecified atom stereocenters. The molecule has 154 valence electrons. The fourth-order valence-corrected chi connectivity index (χ4v) is 6.49. The number of carbonyl (C=O) groups excluding carboxylic acids is 2. The van der Waals surface area contributed by atoms with Gasteiger partial charge in [0, 0.05) is 18.8 Å². The van der Waals surface area contributed by atoms with Gasteiger partial charge in [-0.3, -0.25) is 4.79 Å². The van der Waals surface area contributed by atoms with E-state index >= 15 is 0 Å². The second-order valence-electron chi connectivity index (χ2n) is 8.98. The SMILES string of the molecule is C[C@@H]1CCCC[C@]12NC(=O)N(C[NH+]1CCC(c3nc4ccccc4s3)CC1)C2=O.